The van der Waals surface area contributed by atoms with Crippen molar-refractivity contribution in [2.45, 2.75) is 26.3 Å². The van der Waals surface area contributed by atoms with E-state index in [4.69, 9.17) is 5.11 Å². The molecule has 1 rings (SSSR count). The van der Waals surface area contributed by atoms with Crippen molar-refractivity contribution >= 4 is 17.5 Å². The summed E-state index contributed by atoms with van der Waals surface area (Å²) in [6.07, 6.45) is 0.279. The first-order chi connectivity index (χ1) is 8.93. The summed E-state index contributed by atoms with van der Waals surface area (Å²) < 4.78 is 0. The summed E-state index contributed by atoms with van der Waals surface area (Å²) in [6, 6.07) is 6.95. The Labute approximate surface area is 113 Å². The van der Waals surface area contributed by atoms with E-state index in [-0.39, 0.29) is 30.9 Å². The van der Waals surface area contributed by atoms with E-state index in [1.165, 1.54) is 11.8 Å². The molecule has 0 heterocycles. The van der Waals surface area contributed by atoms with Crippen LogP contribution in [0.3, 0.4) is 0 Å². The number of nitrogens with zero attached hydrogens (tertiary/aromatic N) is 1. The molecule has 0 saturated heterocycles. The zero-order valence-electron chi connectivity index (χ0n) is 11.5. The van der Waals surface area contributed by atoms with Crippen LogP contribution in [0.5, 0.6) is 0 Å². The van der Waals surface area contributed by atoms with Crippen molar-refractivity contribution in [3.63, 3.8) is 0 Å². The number of rotatable bonds is 5. The van der Waals surface area contributed by atoms with Gasteiger partial charge in [-0.15, -0.1) is 0 Å². The minimum absolute atomic E-state index is 0.0474. The molecule has 19 heavy (non-hydrogen) atoms. The summed E-state index contributed by atoms with van der Waals surface area (Å²) in [5, 5.41) is 11.7. The van der Waals surface area contributed by atoms with E-state index >= 15 is 0 Å². The van der Waals surface area contributed by atoms with Gasteiger partial charge < -0.3 is 15.3 Å². The zero-order chi connectivity index (χ0) is 14.4. The molecule has 0 saturated carbocycles. The Balaban J connectivity index is 2.62. The zero-order valence-corrected chi connectivity index (χ0v) is 11.5. The molecule has 1 atom stereocenters. The molecule has 0 spiro atoms. The molecule has 5 heteroatoms. The van der Waals surface area contributed by atoms with Crippen LogP contribution >= 0.6 is 0 Å². The lowest BCUT2D eigenvalue weighted by molar-refractivity contribution is -0.131. The summed E-state index contributed by atoms with van der Waals surface area (Å²) in [6.45, 7) is 3.18. The molecule has 0 aliphatic rings. The van der Waals surface area contributed by atoms with Crippen LogP contribution in [0.2, 0.25) is 0 Å². The minimum atomic E-state index is -0.189. The second-order valence-corrected chi connectivity index (χ2v) is 4.59. The molecule has 0 aliphatic heterocycles. The number of carbonyl (C=O) groups is 2. The minimum Gasteiger partial charge on any atom is -0.394 e. The van der Waals surface area contributed by atoms with E-state index < -0.39 is 0 Å². The lowest BCUT2D eigenvalue weighted by atomic mass is 10.1. The number of benzene rings is 1. The predicted molar refractivity (Wildman–Crippen MR) is 73.8 cm³/mol. The summed E-state index contributed by atoms with van der Waals surface area (Å²) in [5.74, 6) is -0.172. The highest BCUT2D eigenvalue weighted by Gasteiger charge is 2.14. The highest BCUT2D eigenvalue weighted by Crippen LogP contribution is 2.11. The first kappa shape index (κ1) is 15.2. The van der Waals surface area contributed by atoms with Gasteiger partial charge in [0.2, 0.25) is 11.8 Å². The Morgan fingerprint density at radius 1 is 1.32 bits per heavy atom. The molecule has 104 valence electrons. The van der Waals surface area contributed by atoms with Crippen molar-refractivity contribution in [1.82, 2.24) is 4.90 Å². The lowest BCUT2D eigenvalue weighted by Gasteiger charge is -2.23. The Morgan fingerprint density at radius 3 is 2.37 bits per heavy atom. The van der Waals surface area contributed by atoms with Crippen LogP contribution in [0, 0.1) is 0 Å². The number of anilines is 1. The monoisotopic (exact) mass is 264 g/mol. The van der Waals surface area contributed by atoms with Crippen LogP contribution in [0.4, 0.5) is 5.69 Å². The van der Waals surface area contributed by atoms with E-state index in [2.05, 4.69) is 5.32 Å². The standard InChI is InChI=1S/C14H20N2O3/c1-10(9-17)16(3)14(19)8-12-4-6-13(7-5-12)15-11(2)18/h4-7,10,17H,8-9H2,1-3H3,(H,15,18). The van der Waals surface area contributed by atoms with Gasteiger partial charge in [0.15, 0.2) is 0 Å². The number of nitrogens with one attached hydrogen (secondary N) is 1. The average Bonchev–Trinajstić information content (AvgIpc) is 2.38. The van der Waals surface area contributed by atoms with Crippen molar-refractivity contribution in [3.8, 4) is 0 Å². The number of carbonyl (C=O) groups excluding carboxylic acids is 2. The van der Waals surface area contributed by atoms with Gasteiger partial charge in [-0.3, -0.25) is 9.59 Å². The second-order valence-electron chi connectivity index (χ2n) is 4.59. The molecule has 1 aromatic rings. The van der Waals surface area contributed by atoms with Crippen LogP contribution in [0.25, 0.3) is 0 Å². The highest BCUT2D eigenvalue weighted by atomic mass is 16.3. The fourth-order valence-corrected chi connectivity index (χ4v) is 1.58. The Morgan fingerprint density at radius 2 is 1.89 bits per heavy atom. The topological polar surface area (TPSA) is 69.6 Å². The molecule has 0 aliphatic carbocycles. The van der Waals surface area contributed by atoms with Crippen LogP contribution in [-0.4, -0.2) is 41.5 Å². The van der Waals surface area contributed by atoms with Gasteiger partial charge in [-0.2, -0.15) is 0 Å². The van der Waals surface area contributed by atoms with Gasteiger partial charge in [0, 0.05) is 19.7 Å². The van der Waals surface area contributed by atoms with Crippen molar-refractivity contribution < 1.29 is 14.7 Å². The van der Waals surface area contributed by atoms with Crippen molar-refractivity contribution in [3.05, 3.63) is 29.8 Å². The maximum Gasteiger partial charge on any atom is 0.227 e. The maximum atomic E-state index is 11.9. The van der Waals surface area contributed by atoms with E-state index in [0.717, 1.165) is 5.56 Å². The Hall–Kier alpha value is -1.88. The number of likely N-dealkylation sites (N-methyl/N-ethyl adjacent to an activating group) is 1. The molecular weight excluding hydrogens is 244 g/mol. The first-order valence-corrected chi connectivity index (χ1v) is 6.17. The summed E-state index contributed by atoms with van der Waals surface area (Å²) in [7, 11) is 1.68. The van der Waals surface area contributed by atoms with Gasteiger partial charge in [0.25, 0.3) is 0 Å². The van der Waals surface area contributed by atoms with Crippen LogP contribution in [-0.2, 0) is 16.0 Å². The van der Waals surface area contributed by atoms with E-state index in [1.54, 1.807) is 38.2 Å². The smallest absolute Gasteiger partial charge is 0.227 e. The second kappa shape index (κ2) is 6.89. The van der Waals surface area contributed by atoms with E-state index in [1.807, 2.05) is 0 Å². The molecule has 2 N–H and O–H groups in total. The molecule has 1 aromatic carbocycles. The number of hydrogen-bond acceptors (Lipinski definition) is 3. The van der Waals surface area contributed by atoms with Gasteiger partial charge in [-0.05, 0) is 24.6 Å². The molecular formula is C14H20N2O3. The van der Waals surface area contributed by atoms with Crippen molar-refractivity contribution in [1.29, 1.82) is 0 Å². The number of aliphatic hydroxyl groups is 1. The molecule has 0 radical (unpaired) electrons. The van der Waals surface area contributed by atoms with Gasteiger partial charge in [-0.1, -0.05) is 12.1 Å². The van der Waals surface area contributed by atoms with Gasteiger partial charge in [0.05, 0.1) is 19.1 Å². The molecule has 0 bridgehead atoms. The fraction of sp³-hybridized carbons (Fsp3) is 0.429. The Bertz CT molecular complexity index is 443. The fourth-order valence-electron chi connectivity index (χ4n) is 1.58. The third-order valence-corrected chi connectivity index (χ3v) is 2.95. The van der Waals surface area contributed by atoms with Gasteiger partial charge in [-0.25, -0.2) is 0 Å². The van der Waals surface area contributed by atoms with Crippen LogP contribution in [0.1, 0.15) is 19.4 Å². The van der Waals surface area contributed by atoms with Crippen molar-refractivity contribution in [2.75, 3.05) is 19.0 Å². The van der Waals surface area contributed by atoms with E-state index in [9.17, 15) is 9.59 Å². The Kier molecular flexibility index (Phi) is 5.51. The summed E-state index contributed by atoms with van der Waals surface area (Å²) in [5.41, 5.74) is 1.58. The SMILES string of the molecule is CC(=O)Nc1ccc(CC(=O)N(C)C(C)CO)cc1. The lowest BCUT2D eigenvalue weighted by Crippen LogP contribution is -2.38. The predicted octanol–water partition coefficient (Wildman–Crippen LogP) is 1.03. The number of amides is 2. The largest absolute Gasteiger partial charge is 0.394 e. The average molecular weight is 264 g/mol. The van der Waals surface area contributed by atoms with Gasteiger partial charge in [0.1, 0.15) is 0 Å². The number of hydrogen-bond donors (Lipinski definition) is 2. The molecule has 2 amide bonds. The summed E-state index contributed by atoms with van der Waals surface area (Å²) >= 11 is 0. The highest BCUT2D eigenvalue weighted by molar-refractivity contribution is 5.88. The van der Waals surface area contributed by atoms with Gasteiger partial charge >= 0.3 is 0 Å². The third-order valence-electron chi connectivity index (χ3n) is 2.95. The molecule has 0 fully saturated rings. The molecule has 0 aromatic heterocycles. The maximum absolute atomic E-state index is 11.9. The van der Waals surface area contributed by atoms with Crippen molar-refractivity contribution in [2.24, 2.45) is 0 Å². The van der Waals surface area contributed by atoms with E-state index in [0.29, 0.717) is 5.69 Å². The molecule has 1 unspecified atom stereocenters. The number of aliphatic hydroxyl groups excluding tert-OH is 1. The normalized spacial score (nSPS) is 11.8. The van der Waals surface area contributed by atoms with Crippen LogP contribution in [0.15, 0.2) is 24.3 Å². The molecule has 5 nitrogen and oxygen atoms in total. The summed E-state index contributed by atoms with van der Waals surface area (Å²) in [4.78, 5) is 24.3. The quantitative estimate of drug-likeness (QED) is 0.834. The van der Waals surface area contributed by atoms with Crippen LogP contribution < -0.4 is 5.32 Å². The first-order valence-electron chi connectivity index (χ1n) is 6.17. The third kappa shape index (κ3) is 4.71.